The van der Waals surface area contributed by atoms with Crippen LogP contribution in [0.5, 0.6) is 5.75 Å². The van der Waals surface area contributed by atoms with Crippen molar-refractivity contribution in [1.82, 2.24) is 14.3 Å². The van der Waals surface area contributed by atoms with E-state index in [4.69, 9.17) is 0 Å². The minimum atomic E-state index is -4.21. The zero-order valence-corrected chi connectivity index (χ0v) is 15.9. The highest BCUT2D eigenvalue weighted by atomic mass is 32.2. The Morgan fingerprint density at radius 1 is 1.25 bits per heavy atom. The highest BCUT2D eigenvalue weighted by Gasteiger charge is 2.34. The number of carbonyl (C=O) groups excluding carboxylic acids is 1. The van der Waals surface area contributed by atoms with Crippen molar-refractivity contribution in [3.8, 4) is 17.0 Å². The van der Waals surface area contributed by atoms with Gasteiger partial charge in [-0.1, -0.05) is 19.3 Å². The summed E-state index contributed by atoms with van der Waals surface area (Å²) in [5.74, 6) is -1.80. The predicted molar refractivity (Wildman–Crippen MR) is 101 cm³/mol. The van der Waals surface area contributed by atoms with Gasteiger partial charge in [-0.25, -0.2) is 22.5 Å². The number of phenols is 1. The maximum absolute atomic E-state index is 15.2. The highest BCUT2D eigenvalue weighted by Crippen LogP contribution is 2.37. The number of benzene rings is 1. The van der Waals surface area contributed by atoms with E-state index < -0.39 is 38.0 Å². The van der Waals surface area contributed by atoms with Crippen molar-refractivity contribution in [1.29, 1.82) is 0 Å². The van der Waals surface area contributed by atoms with E-state index >= 15 is 4.39 Å². The molecular formula is C19H20FN3O4S. The Bertz CT molecular complexity index is 1070. The van der Waals surface area contributed by atoms with E-state index in [1.54, 1.807) is 17.2 Å². The Morgan fingerprint density at radius 3 is 2.68 bits per heavy atom. The first-order valence-electron chi connectivity index (χ1n) is 9.17. The van der Waals surface area contributed by atoms with Gasteiger partial charge in [0.2, 0.25) is 0 Å². The molecule has 0 unspecified atom stereocenters. The Labute approximate surface area is 162 Å². The first-order chi connectivity index (χ1) is 13.3. The summed E-state index contributed by atoms with van der Waals surface area (Å²) in [5, 5.41) is 10.1. The van der Waals surface area contributed by atoms with Crippen LogP contribution in [-0.4, -0.2) is 29.0 Å². The van der Waals surface area contributed by atoms with Crippen molar-refractivity contribution in [3.05, 3.63) is 42.1 Å². The summed E-state index contributed by atoms with van der Waals surface area (Å²) in [6.45, 7) is 0.803. The Balaban J connectivity index is 1.68. The van der Waals surface area contributed by atoms with Crippen LogP contribution in [0.3, 0.4) is 0 Å². The number of hydrogen-bond donors (Lipinski definition) is 2. The van der Waals surface area contributed by atoms with E-state index in [0.717, 1.165) is 25.5 Å². The number of amides is 1. The van der Waals surface area contributed by atoms with Crippen molar-refractivity contribution < 1.29 is 22.7 Å². The number of imidazole rings is 1. The third-order valence-corrected chi connectivity index (χ3v) is 6.63. The van der Waals surface area contributed by atoms with Crippen LogP contribution in [-0.2, 0) is 21.4 Å². The van der Waals surface area contributed by atoms with E-state index in [9.17, 15) is 18.3 Å². The lowest BCUT2D eigenvalue weighted by Crippen LogP contribution is -2.22. The molecule has 148 valence electrons. The van der Waals surface area contributed by atoms with E-state index in [1.165, 1.54) is 31.4 Å². The van der Waals surface area contributed by atoms with Gasteiger partial charge >= 0.3 is 0 Å². The van der Waals surface area contributed by atoms with E-state index in [2.05, 4.69) is 4.98 Å². The quantitative estimate of drug-likeness (QED) is 0.815. The van der Waals surface area contributed by atoms with Crippen molar-refractivity contribution in [2.45, 2.75) is 38.6 Å². The second-order valence-electron chi connectivity index (χ2n) is 7.26. The molecule has 0 atom stereocenters. The first kappa shape index (κ1) is 18.7. The fourth-order valence-electron chi connectivity index (χ4n) is 3.89. The summed E-state index contributed by atoms with van der Waals surface area (Å²) in [6, 6.07) is 2.55. The van der Waals surface area contributed by atoms with E-state index in [1.807, 2.05) is 4.57 Å². The molecule has 2 N–H and O–H groups in total. The van der Waals surface area contributed by atoms with Crippen LogP contribution >= 0.6 is 0 Å². The molecule has 1 aromatic heterocycles. The van der Waals surface area contributed by atoms with Gasteiger partial charge in [0.1, 0.15) is 16.5 Å². The zero-order valence-electron chi connectivity index (χ0n) is 15.1. The van der Waals surface area contributed by atoms with Crippen LogP contribution in [0.15, 0.2) is 30.7 Å². The van der Waals surface area contributed by atoms with Crippen LogP contribution < -0.4 is 4.72 Å². The molecule has 1 aliphatic heterocycles. The first-order valence-corrected chi connectivity index (χ1v) is 10.7. The Kier molecular flexibility index (Phi) is 4.70. The summed E-state index contributed by atoms with van der Waals surface area (Å²) in [7, 11) is -4.21. The van der Waals surface area contributed by atoms with Crippen LogP contribution in [0, 0.1) is 11.7 Å². The number of nitrogens with zero attached hydrogens (tertiary/aromatic N) is 2. The van der Waals surface area contributed by atoms with Crippen molar-refractivity contribution >= 4 is 20.8 Å². The predicted octanol–water partition coefficient (Wildman–Crippen LogP) is 2.78. The standard InChI is InChI=1S/C19H20FN3O4S/c20-19-13(14-10-23(11-21-14)9-12-4-2-1-3-5-12)6-7-15(24)18(19)16-8-17(25)22-28(16,26)27/h6-8,10-12,24H,1-5,9H2,(H,22,25). The molecule has 0 bridgehead atoms. The zero-order chi connectivity index (χ0) is 19.9. The van der Waals surface area contributed by atoms with Gasteiger partial charge in [-0.05, 0) is 30.9 Å². The van der Waals surface area contributed by atoms with Gasteiger partial charge in [-0.2, -0.15) is 0 Å². The molecule has 28 heavy (non-hydrogen) atoms. The maximum atomic E-state index is 15.2. The molecule has 0 saturated heterocycles. The summed E-state index contributed by atoms with van der Waals surface area (Å²) < 4.78 is 42.9. The molecule has 1 aliphatic carbocycles. The van der Waals surface area contributed by atoms with Crippen molar-refractivity contribution in [3.63, 3.8) is 0 Å². The van der Waals surface area contributed by atoms with Crippen molar-refractivity contribution in [2.24, 2.45) is 5.92 Å². The Morgan fingerprint density at radius 2 is 2.00 bits per heavy atom. The molecule has 2 heterocycles. The van der Waals surface area contributed by atoms with E-state index in [0.29, 0.717) is 11.6 Å². The second-order valence-corrected chi connectivity index (χ2v) is 8.91. The van der Waals surface area contributed by atoms with Crippen LogP contribution in [0.2, 0.25) is 0 Å². The van der Waals surface area contributed by atoms with Crippen LogP contribution in [0.1, 0.15) is 37.7 Å². The number of aromatic nitrogens is 2. The highest BCUT2D eigenvalue weighted by molar-refractivity contribution is 8.00. The Hall–Kier alpha value is -2.68. The monoisotopic (exact) mass is 405 g/mol. The van der Waals surface area contributed by atoms with Gasteiger partial charge in [0, 0.05) is 24.4 Å². The van der Waals surface area contributed by atoms with E-state index in [-0.39, 0.29) is 5.56 Å². The fraction of sp³-hybridized carbons (Fsp3) is 0.368. The SMILES string of the molecule is O=C1C=C(c2c(O)ccc(-c3cn(CC4CCCCC4)cn3)c2F)S(=O)(=O)N1. The largest absolute Gasteiger partial charge is 0.507 e. The summed E-state index contributed by atoms with van der Waals surface area (Å²) in [6.07, 6.45) is 10.1. The molecule has 4 rings (SSSR count). The molecule has 0 radical (unpaired) electrons. The van der Waals surface area contributed by atoms with Gasteiger partial charge in [0.25, 0.3) is 15.9 Å². The molecule has 7 nitrogen and oxygen atoms in total. The smallest absolute Gasteiger partial charge is 0.265 e. The number of hydrogen-bond acceptors (Lipinski definition) is 5. The molecule has 9 heteroatoms. The number of halogens is 1. The molecule has 0 spiro atoms. The minimum absolute atomic E-state index is 0.0608. The molecule has 1 aromatic carbocycles. The van der Waals surface area contributed by atoms with Gasteiger partial charge in [0.15, 0.2) is 0 Å². The fourth-order valence-corrected chi connectivity index (χ4v) is 5.04. The van der Waals surface area contributed by atoms with Crippen molar-refractivity contribution in [2.75, 3.05) is 0 Å². The van der Waals surface area contributed by atoms with Crippen LogP contribution in [0.25, 0.3) is 16.2 Å². The van der Waals surface area contributed by atoms with Gasteiger partial charge in [-0.3, -0.25) is 4.79 Å². The lowest BCUT2D eigenvalue weighted by atomic mass is 9.89. The lowest BCUT2D eigenvalue weighted by Gasteiger charge is -2.21. The summed E-state index contributed by atoms with van der Waals surface area (Å²) >= 11 is 0. The number of sulfonamides is 1. The number of rotatable bonds is 4. The molecule has 1 amide bonds. The van der Waals surface area contributed by atoms with Crippen LogP contribution in [0.4, 0.5) is 4.39 Å². The third kappa shape index (κ3) is 3.42. The third-order valence-electron chi connectivity index (χ3n) is 5.26. The van der Waals surface area contributed by atoms with Gasteiger partial charge < -0.3 is 9.67 Å². The second kappa shape index (κ2) is 7.05. The van der Waals surface area contributed by atoms with Gasteiger partial charge in [0.05, 0.1) is 17.6 Å². The minimum Gasteiger partial charge on any atom is -0.507 e. The number of phenolic OH excluding ortho intramolecular Hbond substituents is 1. The molecule has 1 fully saturated rings. The molecular weight excluding hydrogens is 385 g/mol. The topological polar surface area (TPSA) is 101 Å². The van der Waals surface area contributed by atoms with Gasteiger partial charge in [-0.15, -0.1) is 0 Å². The summed E-state index contributed by atoms with van der Waals surface area (Å²) in [5.41, 5.74) is -0.131. The summed E-state index contributed by atoms with van der Waals surface area (Å²) in [4.78, 5) is 15.1. The average molecular weight is 405 g/mol. The number of aromatic hydroxyl groups is 1. The maximum Gasteiger partial charge on any atom is 0.265 e. The average Bonchev–Trinajstić information content (AvgIpc) is 3.19. The normalized spacial score (nSPS) is 19.5. The molecule has 1 saturated carbocycles. The molecule has 2 aliphatic rings. The number of carbonyl (C=O) groups is 1. The molecule has 2 aromatic rings. The lowest BCUT2D eigenvalue weighted by molar-refractivity contribution is -0.114. The number of nitrogens with one attached hydrogen (secondary N) is 1.